The van der Waals surface area contributed by atoms with Gasteiger partial charge in [0, 0.05) is 50.1 Å². The number of fused-ring (bicyclic) bond motifs is 1. The molecule has 3 rings (SSSR count). The zero-order chi connectivity index (χ0) is 20.1. The van der Waals surface area contributed by atoms with Crippen LogP contribution < -0.4 is 10.6 Å². The van der Waals surface area contributed by atoms with Gasteiger partial charge in [0.15, 0.2) is 5.96 Å². The maximum absolute atomic E-state index is 11.9. The molecule has 0 aliphatic carbocycles. The first-order chi connectivity index (χ1) is 13.5. The highest BCUT2D eigenvalue weighted by Crippen LogP contribution is 2.12. The number of nitrogens with one attached hydrogen (secondary N) is 2. The minimum Gasteiger partial charge on any atom is -0.352 e. The van der Waals surface area contributed by atoms with Crippen LogP contribution in [-0.4, -0.2) is 47.3 Å². The van der Waals surface area contributed by atoms with E-state index < -0.39 is 0 Å². The van der Waals surface area contributed by atoms with Crippen LogP contribution in [0.3, 0.4) is 0 Å². The molecule has 2 aromatic heterocycles. The molecule has 29 heavy (non-hydrogen) atoms. The largest absolute Gasteiger partial charge is 0.352 e. The van der Waals surface area contributed by atoms with Gasteiger partial charge in [-0.1, -0.05) is 12.1 Å². The van der Waals surface area contributed by atoms with Crippen LogP contribution in [0.2, 0.25) is 0 Å². The first-order valence-electron chi connectivity index (χ1n) is 8.84. The Morgan fingerprint density at radius 2 is 1.79 bits per heavy atom. The minimum atomic E-state index is -0.00327. The Morgan fingerprint density at radius 3 is 2.45 bits per heavy atom. The number of aromatic nitrogens is 2. The fraction of sp³-hybridized carbons (Fsp3) is 0.250. The summed E-state index contributed by atoms with van der Waals surface area (Å²) in [5, 5.41) is 6.54. The van der Waals surface area contributed by atoms with Gasteiger partial charge < -0.3 is 19.9 Å². The van der Waals surface area contributed by atoms with Crippen molar-refractivity contribution in [3.63, 3.8) is 0 Å². The summed E-state index contributed by atoms with van der Waals surface area (Å²) >= 11 is 3.46. The molecule has 0 saturated heterocycles. The average Bonchev–Trinajstić information content (AvgIpc) is 3.09. The fourth-order valence-electron chi connectivity index (χ4n) is 2.71. The molecule has 2 N–H and O–H groups in total. The topological polar surface area (TPSA) is 74.0 Å². The van der Waals surface area contributed by atoms with Crippen molar-refractivity contribution >= 4 is 57.4 Å². The molecule has 0 aliphatic rings. The molecule has 1 amide bonds. The van der Waals surface area contributed by atoms with E-state index in [2.05, 4.69) is 36.5 Å². The smallest absolute Gasteiger partial charge is 0.253 e. The van der Waals surface area contributed by atoms with Crippen molar-refractivity contribution in [2.24, 2.45) is 4.99 Å². The molecule has 2 heterocycles. The van der Waals surface area contributed by atoms with Crippen molar-refractivity contribution in [1.29, 1.82) is 0 Å². The molecular weight excluding hydrogens is 547 g/mol. The van der Waals surface area contributed by atoms with E-state index in [9.17, 15) is 4.79 Å². The monoisotopic (exact) mass is 570 g/mol. The van der Waals surface area contributed by atoms with Crippen LogP contribution in [0.4, 0.5) is 0 Å². The molecule has 9 heteroatoms. The van der Waals surface area contributed by atoms with Crippen molar-refractivity contribution in [3.05, 3.63) is 70.1 Å². The molecule has 0 atom stereocenters. The summed E-state index contributed by atoms with van der Waals surface area (Å²) in [5.41, 5.74) is 3.56. The number of hydrogen-bond acceptors (Lipinski definition) is 3. The number of amides is 1. The molecule has 0 bridgehead atoms. The van der Waals surface area contributed by atoms with Gasteiger partial charge in [-0.2, -0.15) is 0 Å². The Labute approximate surface area is 195 Å². The summed E-state index contributed by atoms with van der Waals surface area (Å²) in [6.07, 6.45) is 3.96. The average molecular weight is 571 g/mol. The standard InChI is InChI=1S/C20H23BrN6O.HI/c1-22-20(23-10-14-4-6-15(7-5-14)19(28)26(2)3)24-11-17-13-27-12-16(21)8-9-18(27)25-17;/h4-9,12-13H,10-11H2,1-3H3,(H2,22,23,24);1H. The molecular formula is C20H24BrIN6O. The Morgan fingerprint density at radius 1 is 1.10 bits per heavy atom. The highest BCUT2D eigenvalue weighted by Gasteiger charge is 2.08. The summed E-state index contributed by atoms with van der Waals surface area (Å²) in [5.74, 6) is 0.683. The normalized spacial score (nSPS) is 11.1. The Hall–Kier alpha value is -2.14. The van der Waals surface area contributed by atoms with Gasteiger partial charge in [0.1, 0.15) is 5.65 Å². The van der Waals surface area contributed by atoms with Gasteiger partial charge in [-0.05, 0) is 45.8 Å². The van der Waals surface area contributed by atoms with Crippen molar-refractivity contribution in [2.45, 2.75) is 13.1 Å². The van der Waals surface area contributed by atoms with E-state index in [4.69, 9.17) is 0 Å². The third kappa shape index (κ3) is 6.17. The number of aliphatic imine (C=N–C) groups is 1. The van der Waals surface area contributed by atoms with E-state index in [0.29, 0.717) is 24.6 Å². The van der Waals surface area contributed by atoms with Crippen LogP contribution in [0, 0.1) is 0 Å². The van der Waals surface area contributed by atoms with Crippen molar-refractivity contribution in [1.82, 2.24) is 24.9 Å². The maximum Gasteiger partial charge on any atom is 0.253 e. The highest BCUT2D eigenvalue weighted by molar-refractivity contribution is 14.0. The molecule has 0 radical (unpaired) electrons. The zero-order valence-corrected chi connectivity index (χ0v) is 20.4. The summed E-state index contributed by atoms with van der Waals surface area (Å²) in [6.45, 7) is 1.17. The van der Waals surface area contributed by atoms with Crippen molar-refractivity contribution < 1.29 is 4.79 Å². The van der Waals surface area contributed by atoms with Crippen LogP contribution >= 0.6 is 39.9 Å². The number of nitrogens with zero attached hydrogens (tertiary/aromatic N) is 4. The van der Waals surface area contributed by atoms with Gasteiger partial charge in [0.05, 0.1) is 12.2 Å². The predicted molar refractivity (Wildman–Crippen MR) is 130 cm³/mol. The molecule has 3 aromatic rings. The lowest BCUT2D eigenvalue weighted by atomic mass is 10.1. The van der Waals surface area contributed by atoms with Gasteiger partial charge in [-0.3, -0.25) is 9.79 Å². The number of benzene rings is 1. The van der Waals surface area contributed by atoms with Crippen LogP contribution in [0.1, 0.15) is 21.6 Å². The van der Waals surface area contributed by atoms with Gasteiger partial charge >= 0.3 is 0 Å². The number of hydrogen-bond donors (Lipinski definition) is 2. The second kappa shape index (κ2) is 10.6. The zero-order valence-electron chi connectivity index (χ0n) is 16.5. The summed E-state index contributed by atoms with van der Waals surface area (Å²) in [6, 6.07) is 11.5. The number of rotatable bonds is 5. The summed E-state index contributed by atoms with van der Waals surface area (Å²) in [4.78, 5) is 22.3. The Balaban J connectivity index is 0.00000300. The predicted octanol–water partition coefficient (Wildman–Crippen LogP) is 3.28. The van der Waals surface area contributed by atoms with Gasteiger partial charge in [0.2, 0.25) is 0 Å². The van der Waals surface area contributed by atoms with E-state index >= 15 is 0 Å². The fourth-order valence-corrected chi connectivity index (χ4v) is 3.06. The number of carbonyl (C=O) groups is 1. The van der Waals surface area contributed by atoms with Crippen molar-refractivity contribution in [3.8, 4) is 0 Å². The lowest BCUT2D eigenvalue weighted by Gasteiger charge is -2.12. The van der Waals surface area contributed by atoms with E-state index in [1.54, 1.807) is 26.0 Å². The lowest BCUT2D eigenvalue weighted by molar-refractivity contribution is 0.0827. The highest BCUT2D eigenvalue weighted by atomic mass is 127. The second-order valence-corrected chi connectivity index (χ2v) is 7.44. The molecule has 154 valence electrons. The number of guanidine groups is 1. The second-order valence-electron chi connectivity index (χ2n) is 6.52. The molecule has 0 unspecified atom stereocenters. The lowest BCUT2D eigenvalue weighted by Crippen LogP contribution is -2.36. The molecule has 0 fully saturated rings. The third-order valence-electron chi connectivity index (χ3n) is 4.19. The quantitative estimate of drug-likeness (QED) is 0.280. The van der Waals surface area contributed by atoms with E-state index in [-0.39, 0.29) is 29.9 Å². The van der Waals surface area contributed by atoms with Crippen LogP contribution in [0.25, 0.3) is 5.65 Å². The maximum atomic E-state index is 11.9. The van der Waals surface area contributed by atoms with Gasteiger partial charge in [-0.25, -0.2) is 4.98 Å². The molecule has 0 aliphatic heterocycles. The third-order valence-corrected chi connectivity index (χ3v) is 4.66. The first kappa shape index (κ1) is 23.1. The van der Waals surface area contributed by atoms with Gasteiger partial charge in [-0.15, -0.1) is 24.0 Å². The Kier molecular flexibility index (Phi) is 8.45. The minimum absolute atomic E-state index is 0. The number of pyridine rings is 1. The first-order valence-corrected chi connectivity index (χ1v) is 9.64. The van der Waals surface area contributed by atoms with Crippen LogP contribution in [0.15, 0.2) is 58.3 Å². The van der Waals surface area contributed by atoms with E-state index in [1.807, 2.05) is 53.2 Å². The number of halogens is 2. The number of imidazole rings is 1. The Bertz CT molecular complexity index is 1000. The van der Waals surface area contributed by atoms with Crippen LogP contribution in [-0.2, 0) is 13.1 Å². The van der Waals surface area contributed by atoms with E-state index in [0.717, 1.165) is 21.4 Å². The molecule has 0 spiro atoms. The van der Waals surface area contributed by atoms with Gasteiger partial charge in [0.25, 0.3) is 5.91 Å². The molecule has 1 aromatic carbocycles. The van der Waals surface area contributed by atoms with E-state index in [1.165, 1.54) is 0 Å². The SMILES string of the molecule is CN=C(NCc1ccc(C(=O)N(C)C)cc1)NCc1cn2cc(Br)ccc2n1.I. The summed E-state index contributed by atoms with van der Waals surface area (Å²) < 4.78 is 2.99. The summed E-state index contributed by atoms with van der Waals surface area (Å²) in [7, 11) is 5.22. The number of carbonyl (C=O) groups excluding carboxylic acids is 1. The van der Waals surface area contributed by atoms with Crippen molar-refractivity contribution in [2.75, 3.05) is 21.1 Å². The van der Waals surface area contributed by atoms with Crippen LogP contribution in [0.5, 0.6) is 0 Å². The molecule has 7 nitrogen and oxygen atoms in total. The molecule has 0 saturated carbocycles.